The number of carbonyl (C=O) groups excluding carboxylic acids is 1. The van der Waals surface area contributed by atoms with Crippen LogP contribution in [-0.4, -0.2) is 29.2 Å². The number of nitrogens with zero attached hydrogens (tertiary/aromatic N) is 2. The number of nitrogens with one attached hydrogen (secondary N) is 2. The summed E-state index contributed by atoms with van der Waals surface area (Å²) in [4.78, 5) is 20.7. The highest BCUT2D eigenvalue weighted by molar-refractivity contribution is 6.04. The van der Waals surface area contributed by atoms with E-state index in [1.54, 1.807) is 18.2 Å². The van der Waals surface area contributed by atoms with Crippen LogP contribution in [0.5, 0.6) is 11.5 Å². The molecule has 7 heteroatoms. The Morgan fingerprint density at radius 3 is 2.59 bits per heavy atom. The first-order valence-corrected chi connectivity index (χ1v) is 8.59. The van der Waals surface area contributed by atoms with Gasteiger partial charge in [-0.2, -0.15) is 0 Å². The first kappa shape index (κ1) is 16.8. The van der Waals surface area contributed by atoms with E-state index in [4.69, 9.17) is 9.47 Å². The summed E-state index contributed by atoms with van der Waals surface area (Å²) in [5.74, 6) is 1.49. The second kappa shape index (κ2) is 7.74. The Labute approximate surface area is 156 Å². The third-order valence-electron chi connectivity index (χ3n) is 4.08. The Balaban J connectivity index is 1.32. The van der Waals surface area contributed by atoms with Crippen molar-refractivity contribution in [3.05, 3.63) is 72.1 Å². The van der Waals surface area contributed by atoms with Gasteiger partial charge in [-0.25, -0.2) is 9.97 Å². The van der Waals surface area contributed by atoms with Crippen LogP contribution in [-0.2, 0) is 6.42 Å². The van der Waals surface area contributed by atoms with Crippen molar-refractivity contribution in [1.82, 2.24) is 9.97 Å². The van der Waals surface area contributed by atoms with Crippen LogP contribution in [0.15, 0.2) is 60.9 Å². The molecule has 1 aromatic heterocycles. The lowest BCUT2D eigenvalue weighted by molar-refractivity contribution is 0.102. The number of hydrogen-bond acceptors (Lipinski definition) is 6. The molecule has 0 fully saturated rings. The molecular formula is C20H18N4O3. The zero-order valence-corrected chi connectivity index (χ0v) is 14.5. The van der Waals surface area contributed by atoms with Crippen LogP contribution < -0.4 is 20.1 Å². The molecular weight excluding hydrogens is 344 g/mol. The molecule has 2 N–H and O–H groups in total. The van der Waals surface area contributed by atoms with Crippen LogP contribution in [0.3, 0.4) is 0 Å². The predicted octanol–water partition coefficient (Wildman–Crippen LogP) is 3.11. The Morgan fingerprint density at radius 2 is 1.78 bits per heavy atom. The molecule has 2 heterocycles. The second-order valence-corrected chi connectivity index (χ2v) is 5.98. The van der Waals surface area contributed by atoms with Crippen molar-refractivity contribution >= 4 is 17.5 Å². The van der Waals surface area contributed by atoms with Gasteiger partial charge < -0.3 is 20.1 Å². The molecule has 1 amide bonds. The molecule has 1 aliphatic heterocycles. The quantitative estimate of drug-likeness (QED) is 0.701. The highest BCUT2D eigenvalue weighted by atomic mass is 16.7. The average molecular weight is 362 g/mol. The van der Waals surface area contributed by atoms with Crippen molar-refractivity contribution in [3.63, 3.8) is 0 Å². The van der Waals surface area contributed by atoms with Gasteiger partial charge in [0, 0.05) is 30.7 Å². The third-order valence-corrected chi connectivity index (χ3v) is 4.08. The molecule has 136 valence electrons. The van der Waals surface area contributed by atoms with Crippen LogP contribution in [0.1, 0.15) is 15.9 Å². The van der Waals surface area contributed by atoms with Gasteiger partial charge in [-0.15, -0.1) is 0 Å². The van der Waals surface area contributed by atoms with Gasteiger partial charge in [0.25, 0.3) is 5.91 Å². The van der Waals surface area contributed by atoms with Gasteiger partial charge in [0.1, 0.15) is 0 Å². The SMILES string of the molecule is O=C(Nc1ccc2c(c1)OCO2)c1cnc(NCCc2ccccc2)nc1. The minimum atomic E-state index is -0.287. The van der Waals surface area contributed by atoms with E-state index in [0.717, 1.165) is 6.42 Å². The maximum absolute atomic E-state index is 12.3. The van der Waals surface area contributed by atoms with Gasteiger partial charge in [0.2, 0.25) is 12.7 Å². The topological polar surface area (TPSA) is 85.4 Å². The number of fused-ring (bicyclic) bond motifs is 1. The van der Waals surface area contributed by atoms with E-state index >= 15 is 0 Å². The summed E-state index contributed by atoms with van der Waals surface area (Å²) in [6, 6.07) is 15.4. The van der Waals surface area contributed by atoms with Crippen molar-refractivity contribution in [3.8, 4) is 11.5 Å². The Morgan fingerprint density at radius 1 is 1.00 bits per heavy atom. The molecule has 0 unspecified atom stereocenters. The van der Waals surface area contributed by atoms with E-state index in [1.807, 2.05) is 18.2 Å². The number of rotatable bonds is 6. The normalized spacial score (nSPS) is 11.9. The van der Waals surface area contributed by atoms with E-state index < -0.39 is 0 Å². The third kappa shape index (κ3) is 4.14. The molecule has 0 bridgehead atoms. The molecule has 0 radical (unpaired) electrons. The molecule has 0 spiro atoms. The maximum Gasteiger partial charge on any atom is 0.258 e. The molecule has 4 rings (SSSR count). The lowest BCUT2D eigenvalue weighted by Crippen LogP contribution is -2.14. The van der Waals surface area contributed by atoms with Crippen molar-refractivity contribution < 1.29 is 14.3 Å². The molecule has 27 heavy (non-hydrogen) atoms. The first-order chi connectivity index (χ1) is 13.3. The average Bonchev–Trinajstić information content (AvgIpc) is 3.17. The van der Waals surface area contributed by atoms with Crippen LogP contribution >= 0.6 is 0 Å². The molecule has 1 aliphatic rings. The van der Waals surface area contributed by atoms with Crippen molar-refractivity contribution in [1.29, 1.82) is 0 Å². The van der Waals surface area contributed by atoms with E-state index in [9.17, 15) is 4.79 Å². The minimum absolute atomic E-state index is 0.194. The van der Waals surface area contributed by atoms with Gasteiger partial charge in [-0.05, 0) is 24.1 Å². The largest absolute Gasteiger partial charge is 0.454 e. The molecule has 0 aliphatic carbocycles. The number of ether oxygens (including phenoxy) is 2. The van der Waals surface area contributed by atoms with Crippen LogP contribution in [0.4, 0.5) is 11.6 Å². The fraction of sp³-hybridized carbons (Fsp3) is 0.150. The summed E-state index contributed by atoms with van der Waals surface area (Å²) in [6.07, 6.45) is 3.87. The zero-order chi connectivity index (χ0) is 18.5. The van der Waals surface area contributed by atoms with E-state index in [1.165, 1.54) is 18.0 Å². The van der Waals surface area contributed by atoms with Crippen LogP contribution in [0, 0.1) is 0 Å². The van der Waals surface area contributed by atoms with Crippen LogP contribution in [0.2, 0.25) is 0 Å². The summed E-state index contributed by atoms with van der Waals surface area (Å²) in [7, 11) is 0. The number of carbonyl (C=O) groups is 1. The molecule has 2 aromatic carbocycles. The summed E-state index contributed by atoms with van der Waals surface area (Å²) < 4.78 is 10.6. The summed E-state index contributed by atoms with van der Waals surface area (Å²) in [5, 5.41) is 5.95. The minimum Gasteiger partial charge on any atom is -0.454 e. The Hall–Kier alpha value is -3.61. The molecule has 0 saturated carbocycles. The first-order valence-electron chi connectivity index (χ1n) is 8.59. The number of amides is 1. The van der Waals surface area contributed by atoms with E-state index in [2.05, 4.69) is 32.7 Å². The van der Waals surface area contributed by atoms with Gasteiger partial charge in [0.05, 0.1) is 5.56 Å². The zero-order valence-electron chi connectivity index (χ0n) is 14.5. The van der Waals surface area contributed by atoms with Gasteiger partial charge in [-0.3, -0.25) is 4.79 Å². The molecule has 0 atom stereocenters. The van der Waals surface area contributed by atoms with Gasteiger partial charge in [-0.1, -0.05) is 30.3 Å². The number of anilines is 2. The number of aromatic nitrogens is 2. The maximum atomic E-state index is 12.3. The molecule has 3 aromatic rings. The van der Waals surface area contributed by atoms with E-state index in [-0.39, 0.29) is 12.7 Å². The monoisotopic (exact) mass is 362 g/mol. The smallest absolute Gasteiger partial charge is 0.258 e. The fourth-order valence-electron chi connectivity index (χ4n) is 2.68. The highest BCUT2D eigenvalue weighted by Crippen LogP contribution is 2.34. The fourth-order valence-corrected chi connectivity index (χ4v) is 2.68. The highest BCUT2D eigenvalue weighted by Gasteiger charge is 2.15. The lowest BCUT2D eigenvalue weighted by atomic mass is 10.1. The van der Waals surface area contributed by atoms with Crippen molar-refractivity contribution in [2.75, 3.05) is 24.0 Å². The summed E-state index contributed by atoms with van der Waals surface area (Å²) in [5.41, 5.74) is 2.24. The Kier molecular flexibility index (Phi) is 4.82. The molecule has 0 saturated heterocycles. The summed E-state index contributed by atoms with van der Waals surface area (Å²) >= 11 is 0. The lowest BCUT2D eigenvalue weighted by Gasteiger charge is -2.07. The molecule has 7 nitrogen and oxygen atoms in total. The van der Waals surface area contributed by atoms with Gasteiger partial charge >= 0.3 is 0 Å². The second-order valence-electron chi connectivity index (χ2n) is 5.98. The van der Waals surface area contributed by atoms with Gasteiger partial charge in [0.15, 0.2) is 11.5 Å². The van der Waals surface area contributed by atoms with Crippen molar-refractivity contribution in [2.45, 2.75) is 6.42 Å². The van der Waals surface area contributed by atoms with E-state index in [0.29, 0.717) is 35.2 Å². The summed E-state index contributed by atoms with van der Waals surface area (Å²) in [6.45, 7) is 0.909. The standard InChI is InChI=1S/C20H18N4O3/c25-19(24-16-6-7-17-18(10-16)27-13-26-17)15-11-22-20(23-12-15)21-9-8-14-4-2-1-3-5-14/h1-7,10-12H,8-9,13H2,(H,24,25)(H,21,22,23). The predicted molar refractivity (Wildman–Crippen MR) is 101 cm³/mol. The number of benzene rings is 2. The van der Waals surface area contributed by atoms with Crippen molar-refractivity contribution in [2.24, 2.45) is 0 Å². The number of hydrogen-bond donors (Lipinski definition) is 2. The Bertz CT molecular complexity index is 930. The van der Waals surface area contributed by atoms with Crippen LogP contribution in [0.25, 0.3) is 0 Å².